The van der Waals surface area contributed by atoms with E-state index in [-0.39, 0.29) is 23.0 Å². The van der Waals surface area contributed by atoms with Crippen LogP contribution in [0.1, 0.15) is 36.1 Å². The van der Waals surface area contributed by atoms with Gasteiger partial charge in [-0.1, -0.05) is 37.6 Å². The Morgan fingerprint density at radius 2 is 2.08 bits per heavy atom. The molecule has 2 heterocycles. The van der Waals surface area contributed by atoms with Crippen LogP contribution in [0.4, 0.5) is 0 Å². The smallest absolute Gasteiger partial charge is 0.255 e. The average Bonchev–Trinajstić information content (AvgIpc) is 2.97. The molecule has 0 radical (unpaired) electrons. The van der Waals surface area contributed by atoms with Gasteiger partial charge in [0.25, 0.3) is 5.91 Å². The molecule has 3 rings (SSSR count). The van der Waals surface area contributed by atoms with Crippen molar-refractivity contribution in [3.05, 3.63) is 57.5 Å². The van der Waals surface area contributed by atoms with Crippen molar-refractivity contribution in [3.63, 3.8) is 0 Å². The number of aromatic nitrogens is 3. The average molecular weight is 408 g/mol. The highest BCUT2D eigenvalue weighted by Gasteiger charge is 2.23. The third kappa shape index (κ3) is 3.44. The van der Waals surface area contributed by atoms with Crippen LogP contribution in [0.25, 0.3) is 11.0 Å². The number of amides is 1. The number of hydrogen-bond donors (Lipinski definition) is 2. The van der Waals surface area contributed by atoms with Gasteiger partial charge in [-0.2, -0.15) is 0 Å². The standard InChI is InChI=1S/C17H16BrClN4O/c1-9(2)14(16-21-12-5-3-4-6-13(12)22-16)23-17(24)11-7-10(18)8-20-15(11)19/h3-9,14H,1-2H3,(H,21,22)(H,23,24)/t14-/m0/s1. The Kier molecular flexibility index (Phi) is 4.87. The third-order valence-electron chi connectivity index (χ3n) is 3.71. The summed E-state index contributed by atoms with van der Waals surface area (Å²) in [7, 11) is 0. The first-order valence-electron chi connectivity index (χ1n) is 7.52. The molecule has 0 fully saturated rings. The maximum absolute atomic E-state index is 12.6. The van der Waals surface area contributed by atoms with Crippen LogP contribution in [-0.2, 0) is 0 Å². The molecule has 3 aromatic rings. The molecular formula is C17H16BrClN4O. The summed E-state index contributed by atoms with van der Waals surface area (Å²) in [4.78, 5) is 24.5. The first-order chi connectivity index (χ1) is 11.5. The van der Waals surface area contributed by atoms with E-state index >= 15 is 0 Å². The molecule has 2 N–H and O–H groups in total. The molecule has 0 spiro atoms. The van der Waals surface area contributed by atoms with Crippen LogP contribution in [0.15, 0.2) is 41.0 Å². The van der Waals surface area contributed by atoms with E-state index in [0.717, 1.165) is 16.9 Å². The summed E-state index contributed by atoms with van der Waals surface area (Å²) in [5.41, 5.74) is 2.14. The first kappa shape index (κ1) is 16.9. The first-order valence-corrected chi connectivity index (χ1v) is 8.69. The fourth-order valence-electron chi connectivity index (χ4n) is 2.47. The topological polar surface area (TPSA) is 70.7 Å². The highest BCUT2D eigenvalue weighted by molar-refractivity contribution is 9.10. The Labute approximate surface area is 153 Å². The van der Waals surface area contributed by atoms with Gasteiger partial charge in [0.1, 0.15) is 11.0 Å². The summed E-state index contributed by atoms with van der Waals surface area (Å²) in [6.45, 7) is 4.05. The molecule has 24 heavy (non-hydrogen) atoms. The van der Waals surface area contributed by atoms with Gasteiger partial charge < -0.3 is 10.3 Å². The number of imidazole rings is 1. The molecule has 0 aliphatic carbocycles. The Hall–Kier alpha value is -1.92. The summed E-state index contributed by atoms with van der Waals surface area (Å²) in [6, 6.07) is 9.16. The zero-order valence-electron chi connectivity index (χ0n) is 13.2. The van der Waals surface area contributed by atoms with E-state index in [2.05, 4.69) is 36.2 Å². The van der Waals surface area contributed by atoms with E-state index in [1.807, 2.05) is 38.1 Å². The molecule has 0 unspecified atom stereocenters. The molecule has 0 bridgehead atoms. The van der Waals surface area contributed by atoms with Crippen LogP contribution in [-0.4, -0.2) is 20.9 Å². The Morgan fingerprint density at radius 1 is 1.33 bits per heavy atom. The van der Waals surface area contributed by atoms with Crippen LogP contribution >= 0.6 is 27.5 Å². The number of pyridine rings is 1. The fourth-order valence-corrected chi connectivity index (χ4v) is 2.99. The SMILES string of the molecule is CC(C)[C@H](NC(=O)c1cc(Br)cnc1Cl)c1nc2ccccc2[nH]1. The van der Waals surface area contributed by atoms with Gasteiger partial charge in [0.05, 0.1) is 22.6 Å². The number of aromatic amines is 1. The number of nitrogens with zero attached hydrogens (tertiary/aromatic N) is 2. The van der Waals surface area contributed by atoms with Crippen molar-refractivity contribution in [3.8, 4) is 0 Å². The van der Waals surface area contributed by atoms with Crippen molar-refractivity contribution in [2.75, 3.05) is 0 Å². The lowest BCUT2D eigenvalue weighted by Gasteiger charge is -2.20. The van der Waals surface area contributed by atoms with Crippen LogP contribution in [0.5, 0.6) is 0 Å². The number of H-pyrrole nitrogens is 1. The van der Waals surface area contributed by atoms with E-state index in [4.69, 9.17) is 11.6 Å². The maximum atomic E-state index is 12.6. The van der Waals surface area contributed by atoms with Gasteiger partial charge in [-0.05, 0) is 40.0 Å². The van der Waals surface area contributed by atoms with Crippen molar-refractivity contribution in [1.29, 1.82) is 0 Å². The van der Waals surface area contributed by atoms with Crippen LogP contribution in [0.3, 0.4) is 0 Å². The second-order valence-corrected chi connectivity index (χ2v) is 7.10. The molecule has 1 aromatic carbocycles. The predicted molar refractivity (Wildman–Crippen MR) is 98.1 cm³/mol. The number of halogens is 2. The molecule has 1 amide bonds. The second-order valence-electron chi connectivity index (χ2n) is 5.83. The van der Waals surface area contributed by atoms with Gasteiger partial charge in [-0.3, -0.25) is 4.79 Å². The van der Waals surface area contributed by atoms with E-state index in [0.29, 0.717) is 10.0 Å². The van der Waals surface area contributed by atoms with Crippen molar-refractivity contribution in [2.24, 2.45) is 5.92 Å². The maximum Gasteiger partial charge on any atom is 0.255 e. The van der Waals surface area contributed by atoms with E-state index in [9.17, 15) is 4.79 Å². The van der Waals surface area contributed by atoms with Crippen molar-refractivity contribution < 1.29 is 4.79 Å². The molecule has 0 saturated carbocycles. The molecule has 1 atom stereocenters. The normalized spacial score (nSPS) is 12.5. The summed E-state index contributed by atoms with van der Waals surface area (Å²) in [5.74, 6) is 0.583. The van der Waals surface area contributed by atoms with Crippen LogP contribution in [0.2, 0.25) is 5.15 Å². The number of carbonyl (C=O) groups excluding carboxylic acids is 1. The highest BCUT2D eigenvalue weighted by Crippen LogP contribution is 2.24. The van der Waals surface area contributed by atoms with Crippen LogP contribution in [0, 0.1) is 5.92 Å². The van der Waals surface area contributed by atoms with Gasteiger partial charge in [-0.15, -0.1) is 0 Å². The monoisotopic (exact) mass is 406 g/mol. The van der Waals surface area contributed by atoms with E-state index < -0.39 is 0 Å². The fraction of sp³-hybridized carbons (Fsp3) is 0.235. The largest absolute Gasteiger partial charge is 0.342 e. The highest BCUT2D eigenvalue weighted by atomic mass is 79.9. The quantitative estimate of drug-likeness (QED) is 0.626. The van der Waals surface area contributed by atoms with Gasteiger partial charge in [0.2, 0.25) is 0 Å². The third-order valence-corrected chi connectivity index (χ3v) is 4.44. The lowest BCUT2D eigenvalue weighted by Crippen LogP contribution is -2.32. The molecule has 7 heteroatoms. The minimum Gasteiger partial charge on any atom is -0.342 e. The van der Waals surface area contributed by atoms with Crippen molar-refractivity contribution >= 4 is 44.5 Å². The molecule has 0 saturated heterocycles. The van der Waals surface area contributed by atoms with E-state index in [1.54, 1.807) is 12.3 Å². The molecule has 0 aliphatic heterocycles. The minimum atomic E-state index is -0.284. The number of rotatable bonds is 4. The number of hydrogen-bond acceptors (Lipinski definition) is 3. The summed E-state index contributed by atoms with van der Waals surface area (Å²) < 4.78 is 0.696. The summed E-state index contributed by atoms with van der Waals surface area (Å²) >= 11 is 9.36. The molecule has 2 aromatic heterocycles. The molecule has 5 nitrogen and oxygen atoms in total. The Morgan fingerprint density at radius 3 is 2.79 bits per heavy atom. The lowest BCUT2D eigenvalue weighted by molar-refractivity contribution is 0.0923. The number of fused-ring (bicyclic) bond motifs is 1. The van der Waals surface area contributed by atoms with Gasteiger partial charge in [-0.25, -0.2) is 9.97 Å². The minimum absolute atomic E-state index is 0.147. The molecular weight excluding hydrogens is 392 g/mol. The zero-order valence-corrected chi connectivity index (χ0v) is 15.5. The second kappa shape index (κ2) is 6.91. The zero-order chi connectivity index (χ0) is 17.3. The number of benzene rings is 1. The van der Waals surface area contributed by atoms with Gasteiger partial charge in [0.15, 0.2) is 0 Å². The number of para-hydroxylation sites is 2. The molecule has 124 valence electrons. The number of carbonyl (C=O) groups is 1. The predicted octanol–water partition coefficient (Wildman–Crippen LogP) is 4.50. The van der Waals surface area contributed by atoms with Crippen molar-refractivity contribution in [1.82, 2.24) is 20.3 Å². The Balaban J connectivity index is 1.91. The number of nitrogens with one attached hydrogen (secondary N) is 2. The summed E-state index contributed by atoms with van der Waals surface area (Å²) in [6.07, 6.45) is 1.55. The summed E-state index contributed by atoms with van der Waals surface area (Å²) in [5, 5.41) is 3.17. The Bertz CT molecular complexity index is 860. The van der Waals surface area contributed by atoms with Gasteiger partial charge >= 0.3 is 0 Å². The molecule has 0 aliphatic rings. The lowest BCUT2D eigenvalue weighted by atomic mass is 10.0. The van der Waals surface area contributed by atoms with E-state index in [1.165, 1.54) is 0 Å². The van der Waals surface area contributed by atoms with Crippen LogP contribution < -0.4 is 5.32 Å². The van der Waals surface area contributed by atoms with Crippen molar-refractivity contribution in [2.45, 2.75) is 19.9 Å². The van der Waals surface area contributed by atoms with Gasteiger partial charge in [0, 0.05) is 10.7 Å².